The van der Waals surface area contributed by atoms with E-state index in [1.54, 1.807) is 6.07 Å². The third kappa shape index (κ3) is 3.52. The van der Waals surface area contributed by atoms with Crippen molar-refractivity contribution < 1.29 is 15.0 Å². The van der Waals surface area contributed by atoms with Gasteiger partial charge in [-0.2, -0.15) is 0 Å². The van der Waals surface area contributed by atoms with E-state index in [1.807, 2.05) is 13.1 Å². The fraction of sp³-hybridized carbons (Fsp3) is 0.571. The van der Waals surface area contributed by atoms with Crippen molar-refractivity contribution in [2.45, 2.75) is 44.4 Å². The van der Waals surface area contributed by atoms with Crippen molar-refractivity contribution in [3.63, 3.8) is 0 Å². The van der Waals surface area contributed by atoms with Gasteiger partial charge in [0, 0.05) is 12.6 Å². The van der Waals surface area contributed by atoms with Gasteiger partial charge in [0.25, 0.3) is 0 Å². The molecule has 19 heavy (non-hydrogen) atoms. The number of aliphatic hydroxyl groups excluding tert-OH is 1. The standard InChI is InChI=1S/C14H20N2O3/c1-16(12-7-2-3-8-13(12)17)9-10-5-4-6-11(15-10)14(18)19/h4-6,12-13,17H,2-3,7-9H2,1H3,(H,18,19). The molecular formula is C14H20N2O3. The van der Waals surface area contributed by atoms with Crippen LogP contribution >= 0.6 is 0 Å². The second-order valence-corrected chi connectivity index (χ2v) is 5.15. The largest absolute Gasteiger partial charge is 0.477 e. The molecule has 1 aromatic heterocycles. The highest BCUT2D eigenvalue weighted by Crippen LogP contribution is 2.23. The Labute approximate surface area is 112 Å². The van der Waals surface area contributed by atoms with Crippen LogP contribution in [0.1, 0.15) is 41.9 Å². The van der Waals surface area contributed by atoms with Crippen molar-refractivity contribution in [1.82, 2.24) is 9.88 Å². The Bertz CT molecular complexity index is 450. The number of likely N-dealkylation sites (N-methyl/N-ethyl adjacent to an activating group) is 1. The molecule has 2 unspecified atom stereocenters. The molecule has 5 nitrogen and oxygen atoms in total. The van der Waals surface area contributed by atoms with Crippen molar-refractivity contribution in [1.29, 1.82) is 0 Å². The average molecular weight is 264 g/mol. The van der Waals surface area contributed by atoms with Gasteiger partial charge in [-0.25, -0.2) is 9.78 Å². The van der Waals surface area contributed by atoms with Crippen LogP contribution in [-0.4, -0.2) is 45.3 Å². The molecule has 2 atom stereocenters. The fourth-order valence-corrected chi connectivity index (χ4v) is 2.67. The van der Waals surface area contributed by atoms with Crippen LogP contribution in [0.2, 0.25) is 0 Å². The molecule has 1 saturated carbocycles. The van der Waals surface area contributed by atoms with E-state index in [4.69, 9.17) is 5.11 Å². The van der Waals surface area contributed by atoms with Crippen LogP contribution in [0, 0.1) is 0 Å². The van der Waals surface area contributed by atoms with Gasteiger partial charge in [0.05, 0.1) is 11.8 Å². The second-order valence-electron chi connectivity index (χ2n) is 5.15. The molecule has 2 rings (SSSR count). The van der Waals surface area contributed by atoms with Crippen LogP contribution in [0.25, 0.3) is 0 Å². The molecule has 104 valence electrons. The Balaban J connectivity index is 2.03. The van der Waals surface area contributed by atoms with Gasteiger partial charge < -0.3 is 10.2 Å². The number of carboxylic acid groups (broad SMARTS) is 1. The molecule has 0 aromatic carbocycles. The van der Waals surface area contributed by atoms with Crippen molar-refractivity contribution in [2.75, 3.05) is 7.05 Å². The molecule has 5 heteroatoms. The quantitative estimate of drug-likeness (QED) is 0.862. The molecule has 0 aliphatic heterocycles. The lowest BCUT2D eigenvalue weighted by Gasteiger charge is -2.35. The average Bonchev–Trinajstić information content (AvgIpc) is 2.39. The van der Waals surface area contributed by atoms with Gasteiger partial charge in [-0.3, -0.25) is 4.90 Å². The predicted octanol–water partition coefficient (Wildman–Crippen LogP) is 1.52. The lowest BCUT2D eigenvalue weighted by Crippen LogP contribution is -2.43. The Morgan fingerprint density at radius 1 is 1.42 bits per heavy atom. The first-order valence-electron chi connectivity index (χ1n) is 6.65. The molecule has 1 aliphatic rings. The number of carbonyl (C=O) groups is 1. The van der Waals surface area contributed by atoms with Gasteiger partial charge in [0.2, 0.25) is 0 Å². The zero-order valence-electron chi connectivity index (χ0n) is 11.1. The molecule has 0 spiro atoms. The van der Waals surface area contributed by atoms with Gasteiger partial charge in [0.15, 0.2) is 0 Å². The van der Waals surface area contributed by atoms with Gasteiger partial charge in [-0.05, 0) is 32.0 Å². The highest BCUT2D eigenvalue weighted by Gasteiger charge is 2.26. The number of nitrogens with zero attached hydrogens (tertiary/aromatic N) is 2. The van der Waals surface area contributed by atoms with Crippen molar-refractivity contribution >= 4 is 5.97 Å². The first kappa shape index (κ1) is 14.0. The third-order valence-electron chi connectivity index (χ3n) is 3.70. The summed E-state index contributed by atoms with van der Waals surface area (Å²) in [5.74, 6) is -1.01. The topological polar surface area (TPSA) is 73.7 Å². The van der Waals surface area contributed by atoms with E-state index in [-0.39, 0.29) is 17.8 Å². The molecule has 1 aromatic rings. The number of aliphatic hydroxyl groups is 1. The van der Waals surface area contributed by atoms with Crippen LogP contribution in [0.4, 0.5) is 0 Å². The smallest absolute Gasteiger partial charge is 0.354 e. The third-order valence-corrected chi connectivity index (χ3v) is 3.70. The SMILES string of the molecule is CN(Cc1cccc(C(=O)O)n1)C1CCCCC1O. The summed E-state index contributed by atoms with van der Waals surface area (Å²) in [5.41, 5.74) is 0.787. The van der Waals surface area contributed by atoms with E-state index < -0.39 is 5.97 Å². The van der Waals surface area contributed by atoms with Crippen molar-refractivity contribution in [3.05, 3.63) is 29.6 Å². The van der Waals surface area contributed by atoms with E-state index in [9.17, 15) is 9.90 Å². The second kappa shape index (κ2) is 6.12. The minimum Gasteiger partial charge on any atom is -0.477 e. The van der Waals surface area contributed by atoms with Crippen LogP contribution in [-0.2, 0) is 6.54 Å². The summed E-state index contributed by atoms with van der Waals surface area (Å²) in [7, 11) is 1.95. The van der Waals surface area contributed by atoms with Gasteiger partial charge in [-0.15, -0.1) is 0 Å². The monoisotopic (exact) mass is 264 g/mol. The van der Waals surface area contributed by atoms with Gasteiger partial charge in [-0.1, -0.05) is 18.9 Å². The molecule has 0 bridgehead atoms. The minimum atomic E-state index is -1.01. The number of hydrogen-bond acceptors (Lipinski definition) is 4. The van der Waals surface area contributed by atoms with Crippen LogP contribution in [0.5, 0.6) is 0 Å². The van der Waals surface area contributed by atoms with Gasteiger partial charge in [0.1, 0.15) is 5.69 Å². The number of carboxylic acids is 1. The number of aromatic carboxylic acids is 1. The minimum absolute atomic E-state index is 0.0649. The summed E-state index contributed by atoms with van der Waals surface area (Å²) >= 11 is 0. The summed E-state index contributed by atoms with van der Waals surface area (Å²) in [6, 6.07) is 5.15. The van der Waals surface area contributed by atoms with Crippen LogP contribution < -0.4 is 0 Å². The molecule has 1 heterocycles. The lowest BCUT2D eigenvalue weighted by atomic mass is 9.91. The fourth-order valence-electron chi connectivity index (χ4n) is 2.67. The van der Waals surface area contributed by atoms with Crippen LogP contribution in [0.15, 0.2) is 18.2 Å². The predicted molar refractivity (Wildman–Crippen MR) is 70.9 cm³/mol. The van der Waals surface area contributed by atoms with E-state index in [0.29, 0.717) is 6.54 Å². The van der Waals surface area contributed by atoms with E-state index >= 15 is 0 Å². The van der Waals surface area contributed by atoms with Crippen molar-refractivity contribution in [2.24, 2.45) is 0 Å². The Hall–Kier alpha value is -1.46. The lowest BCUT2D eigenvalue weighted by molar-refractivity contribution is 0.0282. The van der Waals surface area contributed by atoms with Gasteiger partial charge >= 0.3 is 5.97 Å². The number of rotatable bonds is 4. The summed E-state index contributed by atoms with van der Waals surface area (Å²) in [5, 5.41) is 18.9. The molecule has 0 radical (unpaired) electrons. The summed E-state index contributed by atoms with van der Waals surface area (Å²) < 4.78 is 0. The maximum Gasteiger partial charge on any atom is 0.354 e. The first-order valence-corrected chi connectivity index (χ1v) is 6.65. The normalized spacial score (nSPS) is 23.5. The molecule has 2 N–H and O–H groups in total. The maximum atomic E-state index is 10.9. The first-order chi connectivity index (χ1) is 9.08. The van der Waals surface area contributed by atoms with E-state index in [2.05, 4.69) is 9.88 Å². The van der Waals surface area contributed by atoms with Crippen molar-refractivity contribution in [3.8, 4) is 0 Å². The zero-order chi connectivity index (χ0) is 13.8. The summed E-state index contributed by atoms with van der Waals surface area (Å²) in [6.45, 7) is 0.558. The zero-order valence-corrected chi connectivity index (χ0v) is 11.1. The molecule has 0 saturated heterocycles. The van der Waals surface area contributed by atoms with E-state index in [1.165, 1.54) is 6.07 Å². The number of aromatic nitrogens is 1. The maximum absolute atomic E-state index is 10.9. The number of hydrogen-bond donors (Lipinski definition) is 2. The van der Waals surface area contributed by atoms with E-state index in [0.717, 1.165) is 31.4 Å². The molecule has 1 fully saturated rings. The van der Waals surface area contributed by atoms with Crippen LogP contribution in [0.3, 0.4) is 0 Å². The Kier molecular flexibility index (Phi) is 4.50. The Morgan fingerprint density at radius 2 is 2.16 bits per heavy atom. The Morgan fingerprint density at radius 3 is 2.84 bits per heavy atom. The molecular weight excluding hydrogens is 244 g/mol. The summed E-state index contributed by atoms with van der Waals surface area (Å²) in [6.07, 6.45) is 3.75. The molecule has 0 amide bonds. The molecule has 1 aliphatic carbocycles. The number of pyridine rings is 1. The highest BCUT2D eigenvalue weighted by atomic mass is 16.4. The summed E-state index contributed by atoms with van der Waals surface area (Å²) in [4.78, 5) is 17.1. The highest BCUT2D eigenvalue weighted by molar-refractivity contribution is 5.85.